The van der Waals surface area contributed by atoms with Crippen LogP contribution in [-0.2, 0) is 11.3 Å². The van der Waals surface area contributed by atoms with Crippen molar-refractivity contribution in [2.75, 3.05) is 45.2 Å². The Hall–Kier alpha value is -3.07. The van der Waals surface area contributed by atoms with Crippen molar-refractivity contribution < 1.29 is 23.1 Å². The Balaban J connectivity index is 2.02. The Kier molecular flexibility index (Phi) is 8.32. The van der Waals surface area contributed by atoms with Crippen molar-refractivity contribution in [2.24, 2.45) is 0 Å². The molecule has 0 saturated carbocycles. The molecule has 33 heavy (non-hydrogen) atoms. The molecule has 0 atom stereocenters. The van der Waals surface area contributed by atoms with E-state index in [4.69, 9.17) is 4.74 Å². The first kappa shape index (κ1) is 24.6. The number of ether oxygens (including phenoxy) is 1. The van der Waals surface area contributed by atoms with Gasteiger partial charge in [-0.2, -0.15) is 0 Å². The fourth-order valence-corrected chi connectivity index (χ4v) is 3.94. The quantitative estimate of drug-likeness (QED) is 0.702. The molecule has 0 spiro atoms. The van der Waals surface area contributed by atoms with Gasteiger partial charge in [0.25, 0.3) is 5.91 Å². The number of rotatable bonds is 3. The topological polar surface area (TPSA) is 66.0 Å². The lowest BCUT2D eigenvalue weighted by Crippen LogP contribution is -2.38. The van der Waals surface area contributed by atoms with Gasteiger partial charge in [-0.05, 0) is 50.7 Å². The van der Waals surface area contributed by atoms with Crippen LogP contribution in [0.25, 0.3) is 0 Å². The molecule has 0 radical (unpaired) electrons. The molecule has 1 aromatic heterocycles. The van der Waals surface area contributed by atoms with E-state index in [2.05, 4.69) is 9.88 Å². The van der Waals surface area contributed by atoms with E-state index in [1.165, 1.54) is 18.2 Å². The van der Waals surface area contributed by atoms with Gasteiger partial charge in [-0.25, -0.2) is 13.8 Å². The van der Waals surface area contributed by atoms with Gasteiger partial charge in [0.15, 0.2) is 11.6 Å². The van der Waals surface area contributed by atoms with Crippen molar-refractivity contribution in [1.29, 1.82) is 0 Å². The molecule has 0 bridgehead atoms. The second-order valence-electron chi connectivity index (χ2n) is 8.12. The van der Waals surface area contributed by atoms with Gasteiger partial charge in [0.1, 0.15) is 0 Å². The summed E-state index contributed by atoms with van der Waals surface area (Å²) in [6.07, 6.45) is 3.07. The second-order valence-corrected chi connectivity index (χ2v) is 8.12. The van der Waals surface area contributed by atoms with Gasteiger partial charge in [0.05, 0.1) is 18.4 Å². The molecular weight excluding hydrogens is 430 g/mol. The molecule has 2 aromatic rings. The highest BCUT2D eigenvalue weighted by Gasteiger charge is 2.24. The van der Waals surface area contributed by atoms with E-state index in [1.807, 2.05) is 7.05 Å². The van der Waals surface area contributed by atoms with Crippen molar-refractivity contribution in [1.82, 2.24) is 14.8 Å². The predicted octanol–water partition coefficient (Wildman–Crippen LogP) is 3.48. The predicted molar refractivity (Wildman–Crippen MR) is 121 cm³/mol. The van der Waals surface area contributed by atoms with Crippen LogP contribution in [0.4, 0.5) is 14.5 Å². The van der Waals surface area contributed by atoms with Gasteiger partial charge in [-0.3, -0.25) is 9.59 Å². The van der Waals surface area contributed by atoms with Crippen LogP contribution in [0.5, 0.6) is 5.88 Å². The Morgan fingerprint density at radius 2 is 1.76 bits per heavy atom. The number of hydrogen-bond acceptors (Lipinski definition) is 5. The molecule has 178 valence electrons. The maximum atomic E-state index is 14.3. The number of fused-ring (bicyclic) bond motifs is 1. The van der Waals surface area contributed by atoms with Crippen LogP contribution in [0.15, 0.2) is 30.5 Å². The first-order valence-corrected chi connectivity index (χ1v) is 11.1. The largest absolute Gasteiger partial charge is 0.481 e. The highest BCUT2D eigenvalue weighted by Crippen LogP contribution is 2.28. The first-order valence-electron chi connectivity index (χ1n) is 11.1. The minimum absolute atomic E-state index is 0.0363. The number of anilines is 1. The molecule has 1 aliphatic heterocycles. The van der Waals surface area contributed by atoms with Crippen LogP contribution < -0.4 is 9.64 Å². The summed E-state index contributed by atoms with van der Waals surface area (Å²) in [7, 11) is 3.48. The summed E-state index contributed by atoms with van der Waals surface area (Å²) in [5.74, 6) is -2.11. The lowest BCUT2D eigenvalue weighted by atomic mass is 10.1. The van der Waals surface area contributed by atoms with E-state index in [0.29, 0.717) is 48.6 Å². The molecule has 2 amide bonds. The average Bonchev–Trinajstić information content (AvgIpc) is 2.82. The SMILES string of the molecule is CCC(=O)N1CCCN(C)CCCN(C(=O)c2ccc(OC)nc2)Cc2cc(F)c(F)cc21. The number of carbonyl (C=O) groups excluding carboxylic acids is 2. The second kappa shape index (κ2) is 11.2. The van der Waals surface area contributed by atoms with Crippen LogP contribution >= 0.6 is 0 Å². The summed E-state index contributed by atoms with van der Waals surface area (Å²) in [5, 5.41) is 0. The molecule has 0 aliphatic carbocycles. The summed E-state index contributed by atoms with van der Waals surface area (Å²) < 4.78 is 33.6. The van der Waals surface area contributed by atoms with Crippen molar-refractivity contribution in [2.45, 2.75) is 32.7 Å². The van der Waals surface area contributed by atoms with Gasteiger partial charge >= 0.3 is 0 Å². The van der Waals surface area contributed by atoms with Gasteiger partial charge in [0.2, 0.25) is 11.8 Å². The highest BCUT2D eigenvalue weighted by molar-refractivity contribution is 5.95. The number of aromatic nitrogens is 1. The number of nitrogens with zero attached hydrogens (tertiary/aromatic N) is 4. The molecular formula is C24H30F2N4O3. The number of pyridine rings is 1. The van der Waals surface area contributed by atoms with Crippen LogP contribution in [0, 0.1) is 11.6 Å². The van der Waals surface area contributed by atoms with Crippen molar-refractivity contribution in [3.63, 3.8) is 0 Å². The Bertz CT molecular complexity index is 984. The molecule has 2 heterocycles. The zero-order valence-electron chi connectivity index (χ0n) is 19.3. The lowest BCUT2D eigenvalue weighted by molar-refractivity contribution is -0.118. The zero-order valence-corrected chi connectivity index (χ0v) is 19.3. The Labute approximate surface area is 192 Å². The lowest BCUT2D eigenvalue weighted by Gasteiger charge is -2.31. The third-order valence-electron chi connectivity index (χ3n) is 5.75. The first-order chi connectivity index (χ1) is 15.8. The van der Waals surface area contributed by atoms with Crippen LogP contribution in [0.1, 0.15) is 42.1 Å². The number of hydrogen-bond donors (Lipinski definition) is 0. The molecule has 0 fully saturated rings. The van der Waals surface area contributed by atoms with Gasteiger partial charge in [0, 0.05) is 44.4 Å². The van der Waals surface area contributed by atoms with Crippen molar-refractivity contribution in [3.05, 3.63) is 53.2 Å². The molecule has 0 N–H and O–H groups in total. The van der Waals surface area contributed by atoms with Crippen molar-refractivity contribution in [3.8, 4) is 5.88 Å². The average molecular weight is 461 g/mol. The summed E-state index contributed by atoms with van der Waals surface area (Å²) in [5.41, 5.74) is 1.05. The van der Waals surface area contributed by atoms with E-state index in [1.54, 1.807) is 24.0 Å². The number of halogens is 2. The standard InChI is InChI=1S/C24H30F2N4O3/c1-4-23(31)30-12-6-10-28(2)9-5-11-29(16-18-13-19(25)20(26)14-21(18)30)24(32)17-7-8-22(33-3)27-15-17/h7-8,13-15H,4-6,9-12,16H2,1-3H3. The molecule has 0 saturated heterocycles. The molecule has 1 aromatic carbocycles. The van der Waals surface area contributed by atoms with Gasteiger partial charge in [-0.15, -0.1) is 0 Å². The van der Waals surface area contributed by atoms with Crippen LogP contribution in [0.3, 0.4) is 0 Å². The fraction of sp³-hybridized carbons (Fsp3) is 0.458. The highest BCUT2D eigenvalue weighted by atomic mass is 19.2. The molecule has 9 heteroatoms. The number of benzene rings is 1. The molecule has 7 nitrogen and oxygen atoms in total. The summed E-state index contributed by atoms with van der Waals surface area (Å²) in [4.78, 5) is 35.4. The van der Waals surface area contributed by atoms with Gasteiger partial charge in [-0.1, -0.05) is 6.92 Å². The minimum Gasteiger partial charge on any atom is -0.481 e. The van der Waals surface area contributed by atoms with E-state index in [0.717, 1.165) is 25.2 Å². The summed E-state index contributed by atoms with van der Waals surface area (Å²) in [6.45, 7) is 4.06. The summed E-state index contributed by atoms with van der Waals surface area (Å²) >= 11 is 0. The minimum atomic E-state index is -1.02. The number of methoxy groups -OCH3 is 1. The normalized spacial score (nSPS) is 15.9. The third-order valence-corrected chi connectivity index (χ3v) is 5.75. The monoisotopic (exact) mass is 460 g/mol. The Morgan fingerprint density at radius 1 is 1.06 bits per heavy atom. The maximum Gasteiger partial charge on any atom is 0.255 e. The van der Waals surface area contributed by atoms with Crippen LogP contribution in [-0.4, -0.2) is 66.9 Å². The van der Waals surface area contributed by atoms with Crippen LogP contribution in [0.2, 0.25) is 0 Å². The molecule has 3 rings (SSSR count). The number of carbonyl (C=O) groups is 2. The number of amides is 2. The fourth-order valence-electron chi connectivity index (χ4n) is 3.94. The van der Waals surface area contributed by atoms with Gasteiger partial charge < -0.3 is 19.4 Å². The zero-order chi connectivity index (χ0) is 24.0. The third kappa shape index (κ3) is 6.04. The van der Waals surface area contributed by atoms with E-state index in [9.17, 15) is 18.4 Å². The van der Waals surface area contributed by atoms with E-state index >= 15 is 0 Å². The summed E-state index contributed by atoms with van der Waals surface area (Å²) in [6, 6.07) is 5.37. The van der Waals surface area contributed by atoms with E-state index < -0.39 is 11.6 Å². The Morgan fingerprint density at radius 3 is 2.39 bits per heavy atom. The molecule has 0 unspecified atom stereocenters. The smallest absolute Gasteiger partial charge is 0.255 e. The molecule has 1 aliphatic rings. The maximum absolute atomic E-state index is 14.3. The van der Waals surface area contributed by atoms with Crippen molar-refractivity contribution >= 4 is 17.5 Å². The van der Waals surface area contributed by atoms with E-state index in [-0.39, 0.29) is 24.8 Å².